The first-order valence-electron chi connectivity index (χ1n) is 7.77. The van der Waals surface area contributed by atoms with E-state index >= 15 is 0 Å². The van der Waals surface area contributed by atoms with E-state index in [4.69, 9.17) is 5.11 Å². The van der Waals surface area contributed by atoms with Gasteiger partial charge in [0.1, 0.15) is 0 Å². The molecule has 1 heterocycles. The van der Waals surface area contributed by atoms with Crippen LogP contribution in [0.5, 0.6) is 0 Å². The highest BCUT2D eigenvalue weighted by Gasteiger charge is 2.28. The van der Waals surface area contributed by atoms with Crippen molar-refractivity contribution in [2.75, 3.05) is 40.3 Å². The van der Waals surface area contributed by atoms with Crippen molar-refractivity contribution in [3.05, 3.63) is 0 Å². The average molecular weight is 299 g/mol. The predicted molar refractivity (Wildman–Crippen MR) is 82.3 cm³/mol. The van der Waals surface area contributed by atoms with Crippen LogP contribution in [0.25, 0.3) is 0 Å². The van der Waals surface area contributed by atoms with E-state index in [1.807, 2.05) is 30.8 Å². The third-order valence-corrected chi connectivity index (χ3v) is 4.10. The highest BCUT2D eigenvalue weighted by atomic mass is 16.4. The summed E-state index contributed by atoms with van der Waals surface area (Å²) >= 11 is 0. The predicted octanol–water partition coefficient (Wildman–Crippen LogP) is 1.57. The molecule has 0 aromatic heterocycles. The summed E-state index contributed by atoms with van der Waals surface area (Å²) in [5.74, 6) is -0.532. The van der Waals surface area contributed by atoms with E-state index in [1.54, 1.807) is 0 Å². The van der Waals surface area contributed by atoms with Crippen LogP contribution >= 0.6 is 0 Å². The third kappa shape index (κ3) is 5.53. The first-order chi connectivity index (χ1) is 9.85. The molecule has 0 aromatic carbocycles. The molecule has 1 N–H and O–H groups in total. The molecule has 0 aromatic rings. The Morgan fingerprint density at radius 2 is 1.86 bits per heavy atom. The molecule has 0 radical (unpaired) electrons. The molecule has 1 unspecified atom stereocenters. The SMILES string of the molecule is CCN(C(=O)N1CCC(CC(=O)O)CC1)C(C)CN(C)C. The summed E-state index contributed by atoms with van der Waals surface area (Å²) in [5, 5.41) is 8.83. The molecular weight excluding hydrogens is 270 g/mol. The molecule has 6 heteroatoms. The van der Waals surface area contributed by atoms with Crippen molar-refractivity contribution in [3.63, 3.8) is 0 Å². The topological polar surface area (TPSA) is 64.1 Å². The number of likely N-dealkylation sites (tertiary alicyclic amines) is 1. The van der Waals surface area contributed by atoms with E-state index in [9.17, 15) is 9.59 Å². The Morgan fingerprint density at radius 1 is 1.29 bits per heavy atom. The second kappa shape index (κ2) is 8.22. The maximum atomic E-state index is 12.6. The first kappa shape index (κ1) is 17.8. The van der Waals surface area contributed by atoms with Crippen LogP contribution < -0.4 is 0 Å². The van der Waals surface area contributed by atoms with Crippen molar-refractivity contribution >= 4 is 12.0 Å². The fourth-order valence-electron chi connectivity index (χ4n) is 3.02. The Morgan fingerprint density at radius 3 is 2.29 bits per heavy atom. The maximum Gasteiger partial charge on any atom is 0.320 e. The summed E-state index contributed by atoms with van der Waals surface area (Å²) in [4.78, 5) is 29.2. The van der Waals surface area contributed by atoms with E-state index in [0.29, 0.717) is 19.6 Å². The van der Waals surface area contributed by atoms with E-state index in [-0.39, 0.29) is 24.4 Å². The number of carboxylic acids is 1. The van der Waals surface area contributed by atoms with Gasteiger partial charge in [0, 0.05) is 38.6 Å². The molecule has 0 saturated carbocycles. The minimum absolute atomic E-state index is 0.0839. The lowest BCUT2D eigenvalue weighted by Gasteiger charge is -2.38. The van der Waals surface area contributed by atoms with Gasteiger partial charge < -0.3 is 19.8 Å². The molecule has 1 atom stereocenters. The number of hydrogen-bond donors (Lipinski definition) is 1. The van der Waals surface area contributed by atoms with Crippen LogP contribution in [0, 0.1) is 5.92 Å². The monoisotopic (exact) mass is 299 g/mol. The van der Waals surface area contributed by atoms with E-state index in [0.717, 1.165) is 19.4 Å². The standard InChI is InChI=1S/C15H29N3O3/c1-5-18(12(2)11-16(3)4)15(21)17-8-6-13(7-9-17)10-14(19)20/h12-13H,5-11H2,1-4H3,(H,19,20). The van der Waals surface area contributed by atoms with Crippen LogP contribution in [0.2, 0.25) is 0 Å². The molecule has 21 heavy (non-hydrogen) atoms. The van der Waals surface area contributed by atoms with Gasteiger partial charge >= 0.3 is 12.0 Å². The summed E-state index contributed by atoms with van der Waals surface area (Å²) in [6, 6.07) is 0.259. The molecule has 2 amide bonds. The van der Waals surface area contributed by atoms with Crippen LogP contribution in [-0.4, -0.2) is 78.1 Å². The van der Waals surface area contributed by atoms with Gasteiger partial charge in [0.05, 0.1) is 0 Å². The molecule has 6 nitrogen and oxygen atoms in total. The normalized spacial score (nSPS) is 17.9. The number of likely N-dealkylation sites (N-methyl/N-ethyl adjacent to an activating group) is 2. The van der Waals surface area contributed by atoms with Gasteiger partial charge in [-0.1, -0.05) is 0 Å². The van der Waals surface area contributed by atoms with Gasteiger partial charge in [-0.3, -0.25) is 4.79 Å². The van der Waals surface area contributed by atoms with Crippen molar-refractivity contribution in [2.24, 2.45) is 5.92 Å². The fraction of sp³-hybridized carbons (Fsp3) is 0.867. The minimum Gasteiger partial charge on any atom is -0.481 e. The molecule has 0 spiro atoms. The van der Waals surface area contributed by atoms with Crippen LogP contribution in [0.4, 0.5) is 4.79 Å². The molecule has 1 saturated heterocycles. The molecule has 122 valence electrons. The molecule has 1 aliphatic rings. The van der Waals surface area contributed by atoms with E-state index < -0.39 is 5.97 Å². The number of hydrogen-bond acceptors (Lipinski definition) is 3. The zero-order valence-electron chi connectivity index (χ0n) is 13.7. The van der Waals surface area contributed by atoms with Gasteiger partial charge in [-0.2, -0.15) is 0 Å². The fourth-order valence-corrected chi connectivity index (χ4v) is 3.02. The van der Waals surface area contributed by atoms with Crippen LogP contribution in [0.15, 0.2) is 0 Å². The average Bonchev–Trinajstić information content (AvgIpc) is 2.38. The molecule has 1 fully saturated rings. The van der Waals surface area contributed by atoms with Crippen molar-refractivity contribution in [2.45, 2.75) is 39.2 Å². The van der Waals surface area contributed by atoms with Gasteiger partial charge in [-0.05, 0) is 46.7 Å². The summed E-state index contributed by atoms with van der Waals surface area (Å²) < 4.78 is 0. The second-order valence-corrected chi connectivity index (χ2v) is 6.21. The highest BCUT2D eigenvalue weighted by Crippen LogP contribution is 2.21. The number of piperidine rings is 1. The molecule has 1 aliphatic heterocycles. The van der Waals surface area contributed by atoms with E-state index in [1.165, 1.54) is 0 Å². The van der Waals surface area contributed by atoms with Crippen molar-refractivity contribution < 1.29 is 14.7 Å². The highest BCUT2D eigenvalue weighted by molar-refractivity contribution is 5.75. The number of nitrogens with zero attached hydrogens (tertiary/aromatic N) is 3. The summed E-state index contributed by atoms with van der Waals surface area (Å²) in [6.45, 7) is 6.95. The summed E-state index contributed by atoms with van der Waals surface area (Å²) in [7, 11) is 4.01. The Labute approximate surface area is 127 Å². The molecular formula is C15H29N3O3. The molecule has 0 aliphatic carbocycles. The maximum absolute atomic E-state index is 12.6. The molecule has 1 rings (SSSR count). The Hall–Kier alpha value is -1.30. The van der Waals surface area contributed by atoms with Crippen molar-refractivity contribution in [3.8, 4) is 0 Å². The van der Waals surface area contributed by atoms with Crippen molar-refractivity contribution in [1.29, 1.82) is 0 Å². The Kier molecular flexibility index (Phi) is 6.95. The Bertz CT molecular complexity index is 352. The second-order valence-electron chi connectivity index (χ2n) is 6.21. The minimum atomic E-state index is -0.741. The smallest absolute Gasteiger partial charge is 0.320 e. The van der Waals surface area contributed by atoms with Gasteiger partial charge in [0.25, 0.3) is 0 Å². The zero-order valence-corrected chi connectivity index (χ0v) is 13.7. The largest absolute Gasteiger partial charge is 0.481 e. The van der Waals surface area contributed by atoms with Crippen LogP contribution in [0.1, 0.15) is 33.1 Å². The summed E-state index contributed by atoms with van der Waals surface area (Å²) in [5.41, 5.74) is 0. The molecule has 0 bridgehead atoms. The van der Waals surface area contributed by atoms with Crippen LogP contribution in [-0.2, 0) is 4.79 Å². The number of carbonyl (C=O) groups excluding carboxylic acids is 1. The lowest BCUT2D eigenvalue weighted by molar-refractivity contribution is -0.138. The number of amides is 2. The summed E-state index contributed by atoms with van der Waals surface area (Å²) in [6.07, 6.45) is 1.80. The van der Waals surface area contributed by atoms with Gasteiger partial charge in [0.2, 0.25) is 0 Å². The number of carboxylic acid groups (broad SMARTS) is 1. The van der Waals surface area contributed by atoms with Gasteiger partial charge in [-0.25, -0.2) is 4.79 Å². The zero-order chi connectivity index (χ0) is 16.0. The van der Waals surface area contributed by atoms with Gasteiger partial charge in [0.15, 0.2) is 0 Å². The lowest BCUT2D eigenvalue weighted by atomic mass is 9.94. The number of carbonyl (C=O) groups is 2. The number of rotatable bonds is 6. The number of aliphatic carboxylic acids is 1. The third-order valence-electron chi connectivity index (χ3n) is 4.10. The number of urea groups is 1. The van der Waals surface area contributed by atoms with E-state index in [2.05, 4.69) is 11.8 Å². The Balaban J connectivity index is 2.52. The van der Waals surface area contributed by atoms with Crippen molar-refractivity contribution in [1.82, 2.24) is 14.7 Å². The van der Waals surface area contributed by atoms with Crippen LogP contribution in [0.3, 0.4) is 0 Å². The first-order valence-corrected chi connectivity index (χ1v) is 7.77. The quantitative estimate of drug-likeness (QED) is 0.808. The lowest BCUT2D eigenvalue weighted by Crippen LogP contribution is -2.51. The van der Waals surface area contributed by atoms with Gasteiger partial charge in [-0.15, -0.1) is 0 Å².